The van der Waals surface area contributed by atoms with Crippen molar-refractivity contribution in [2.75, 3.05) is 0 Å². The standard InChI is InChI=1S/C17H11BrN2O3S/c18-12-3-1-2-10(8-12)9-14-15(21)20-17(24-14)19-13-6-4-11(5-7-13)16(22)23/h1-9H,(H,22,23)(H,19,20,21). The number of carboxylic acid groups (broad SMARTS) is 1. The van der Waals surface area contributed by atoms with Crippen molar-refractivity contribution in [2.45, 2.75) is 0 Å². The second-order valence-corrected chi connectivity index (χ2v) is 6.84. The molecule has 24 heavy (non-hydrogen) atoms. The molecule has 0 aliphatic carbocycles. The molecule has 2 N–H and O–H groups in total. The van der Waals surface area contributed by atoms with Crippen LogP contribution in [0.1, 0.15) is 15.9 Å². The predicted molar refractivity (Wildman–Crippen MR) is 98.3 cm³/mol. The third-order valence-electron chi connectivity index (χ3n) is 3.14. The zero-order valence-corrected chi connectivity index (χ0v) is 14.6. The van der Waals surface area contributed by atoms with Crippen LogP contribution >= 0.6 is 27.7 Å². The average Bonchev–Trinajstić information content (AvgIpc) is 2.87. The topological polar surface area (TPSA) is 78.8 Å². The Kier molecular flexibility index (Phi) is 4.82. The Balaban J connectivity index is 1.80. The minimum atomic E-state index is -0.989. The first-order valence-corrected chi connectivity index (χ1v) is 8.51. The fourth-order valence-corrected chi connectivity index (χ4v) is 3.28. The number of carbonyl (C=O) groups is 2. The molecule has 0 bridgehead atoms. The number of amides is 1. The number of hydrogen-bond acceptors (Lipinski definition) is 4. The van der Waals surface area contributed by atoms with Crippen LogP contribution in [0.5, 0.6) is 0 Å². The molecule has 5 nitrogen and oxygen atoms in total. The number of thioether (sulfide) groups is 1. The summed E-state index contributed by atoms with van der Waals surface area (Å²) >= 11 is 4.64. The molecule has 1 aliphatic rings. The molecule has 0 saturated carbocycles. The van der Waals surface area contributed by atoms with Crippen LogP contribution < -0.4 is 5.32 Å². The van der Waals surface area contributed by atoms with Crippen molar-refractivity contribution in [3.63, 3.8) is 0 Å². The second kappa shape index (κ2) is 7.02. The smallest absolute Gasteiger partial charge is 0.335 e. The molecule has 2 aromatic rings. The second-order valence-electron chi connectivity index (χ2n) is 4.89. The lowest BCUT2D eigenvalue weighted by Gasteiger charge is -1.97. The lowest BCUT2D eigenvalue weighted by Crippen LogP contribution is -2.19. The van der Waals surface area contributed by atoms with E-state index in [0.717, 1.165) is 10.0 Å². The quantitative estimate of drug-likeness (QED) is 0.759. The molecule has 0 radical (unpaired) electrons. The summed E-state index contributed by atoms with van der Waals surface area (Å²) in [6.07, 6.45) is 1.79. The van der Waals surface area contributed by atoms with Crippen LogP contribution in [-0.2, 0) is 4.79 Å². The molecule has 1 amide bonds. The Morgan fingerprint density at radius 2 is 1.96 bits per heavy atom. The van der Waals surface area contributed by atoms with Gasteiger partial charge in [-0.15, -0.1) is 0 Å². The minimum Gasteiger partial charge on any atom is -0.478 e. The largest absolute Gasteiger partial charge is 0.478 e. The van der Waals surface area contributed by atoms with E-state index in [1.807, 2.05) is 24.3 Å². The summed E-state index contributed by atoms with van der Waals surface area (Å²) in [5.74, 6) is -1.20. The number of nitrogens with zero attached hydrogens (tertiary/aromatic N) is 1. The molecule has 1 fully saturated rings. The van der Waals surface area contributed by atoms with E-state index >= 15 is 0 Å². The maximum atomic E-state index is 12.0. The van der Waals surface area contributed by atoms with E-state index in [0.29, 0.717) is 15.8 Å². The molecular formula is C17H11BrN2O3S. The third-order valence-corrected chi connectivity index (χ3v) is 4.55. The molecule has 7 heteroatoms. The average molecular weight is 403 g/mol. The number of benzene rings is 2. The molecule has 3 rings (SSSR count). The first-order chi connectivity index (χ1) is 11.5. The summed E-state index contributed by atoms with van der Waals surface area (Å²) in [5, 5.41) is 12.0. The first-order valence-electron chi connectivity index (χ1n) is 6.90. The zero-order chi connectivity index (χ0) is 17.1. The fourth-order valence-electron chi connectivity index (χ4n) is 2.02. The van der Waals surface area contributed by atoms with Crippen molar-refractivity contribution < 1.29 is 14.7 Å². The SMILES string of the molecule is O=C1NC(=Nc2ccc(C(=O)O)cc2)SC1=Cc1cccc(Br)c1. The highest BCUT2D eigenvalue weighted by molar-refractivity contribution is 9.10. The Labute approximate surface area is 150 Å². The number of aliphatic imine (C=N–C) groups is 1. The number of rotatable bonds is 3. The van der Waals surface area contributed by atoms with Gasteiger partial charge in [-0.25, -0.2) is 9.79 Å². The van der Waals surface area contributed by atoms with Crippen LogP contribution in [0.3, 0.4) is 0 Å². The Bertz CT molecular complexity index is 876. The van der Waals surface area contributed by atoms with E-state index in [9.17, 15) is 9.59 Å². The molecule has 0 aromatic heterocycles. The molecular weight excluding hydrogens is 392 g/mol. The van der Waals surface area contributed by atoms with Gasteiger partial charge in [0.25, 0.3) is 5.91 Å². The zero-order valence-electron chi connectivity index (χ0n) is 12.2. The Morgan fingerprint density at radius 3 is 2.62 bits per heavy atom. The van der Waals surface area contributed by atoms with Gasteiger partial charge in [0.05, 0.1) is 16.2 Å². The van der Waals surface area contributed by atoms with Gasteiger partial charge in [-0.1, -0.05) is 28.1 Å². The number of amidine groups is 1. The summed E-state index contributed by atoms with van der Waals surface area (Å²) in [5.41, 5.74) is 1.68. The van der Waals surface area contributed by atoms with E-state index < -0.39 is 5.97 Å². The van der Waals surface area contributed by atoms with Crippen LogP contribution in [0.4, 0.5) is 5.69 Å². The van der Waals surface area contributed by atoms with E-state index in [2.05, 4.69) is 26.2 Å². The van der Waals surface area contributed by atoms with Crippen LogP contribution in [0.15, 0.2) is 62.9 Å². The summed E-state index contributed by atoms with van der Waals surface area (Å²) in [6.45, 7) is 0. The predicted octanol–water partition coefficient (Wildman–Crippen LogP) is 4.04. The number of halogens is 1. The van der Waals surface area contributed by atoms with Gasteiger partial charge in [0.1, 0.15) is 0 Å². The van der Waals surface area contributed by atoms with Crippen molar-refractivity contribution >= 4 is 56.5 Å². The number of carbonyl (C=O) groups excluding carboxylic acids is 1. The van der Waals surface area contributed by atoms with Crippen LogP contribution in [0, 0.1) is 0 Å². The van der Waals surface area contributed by atoms with E-state index in [1.54, 1.807) is 18.2 Å². The van der Waals surface area contributed by atoms with Gasteiger partial charge in [-0.2, -0.15) is 0 Å². The molecule has 0 spiro atoms. The molecule has 0 atom stereocenters. The van der Waals surface area contributed by atoms with Crippen LogP contribution in [0.2, 0.25) is 0 Å². The van der Waals surface area contributed by atoms with Gasteiger partial charge in [-0.05, 0) is 59.8 Å². The van der Waals surface area contributed by atoms with Gasteiger partial charge in [-0.3, -0.25) is 4.79 Å². The molecule has 0 unspecified atom stereocenters. The summed E-state index contributed by atoms with van der Waals surface area (Å²) in [4.78, 5) is 27.7. The van der Waals surface area contributed by atoms with Crippen molar-refractivity contribution in [3.05, 3.63) is 69.0 Å². The van der Waals surface area contributed by atoms with Crippen LogP contribution in [-0.4, -0.2) is 22.2 Å². The third kappa shape index (κ3) is 3.93. The van der Waals surface area contributed by atoms with E-state index in [-0.39, 0.29) is 11.5 Å². The number of aromatic carboxylic acids is 1. The Morgan fingerprint density at radius 1 is 1.21 bits per heavy atom. The van der Waals surface area contributed by atoms with Crippen molar-refractivity contribution in [1.82, 2.24) is 5.32 Å². The number of carboxylic acids is 1. The summed E-state index contributed by atoms with van der Waals surface area (Å²) in [7, 11) is 0. The van der Waals surface area contributed by atoms with Gasteiger partial charge in [0, 0.05) is 4.47 Å². The first kappa shape index (κ1) is 16.5. The van der Waals surface area contributed by atoms with Crippen molar-refractivity contribution in [1.29, 1.82) is 0 Å². The fraction of sp³-hybridized carbons (Fsp3) is 0. The van der Waals surface area contributed by atoms with E-state index in [1.165, 1.54) is 23.9 Å². The molecule has 1 heterocycles. The lowest BCUT2D eigenvalue weighted by atomic mass is 10.2. The normalized spacial score (nSPS) is 17.3. The van der Waals surface area contributed by atoms with Crippen molar-refractivity contribution in [3.8, 4) is 0 Å². The molecule has 1 saturated heterocycles. The molecule has 2 aromatic carbocycles. The van der Waals surface area contributed by atoms with E-state index in [4.69, 9.17) is 5.11 Å². The highest BCUT2D eigenvalue weighted by Gasteiger charge is 2.23. The Hall–Kier alpha value is -2.38. The minimum absolute atomic E-state index is 0.192. The molecule has 1 aliphatic heterocycles. The summed E-state index contributed by atoms with van der Waals surface area (Å²) in [6, 6.07) is 13.8. The van der Waals surface area contributed by atoms with Gasteiger partial charge in [0.15, 0.2) is 5.17 Å². The van der Waals surface area contributed by atoms with Gasteiger partial charge in [0.2, 0.25) is 0 Å². The summed E-state index contributed by atoms with van der Waals surface area (Å²) < 4.78 is 0.938. The van der Waals surface area contributed by atoms with Crippen molar-refractivity contribution in [2.24, 2.45) is 4.99 Å². The highest BCUT2D eigenvalue weighted by Crippen LogP contribution is 2.28. The number of nitrogens with one attached hydrogen (secondary N) is 1. The van der Waals surface area contributed by atoms with Gasteiger partial charge < -0.3 is 10.4 Å². The number of hydrogen-bond donors (Lipinski definition) is 2. The maximum Gasteiger partial charge on any atom is 0.335 e. The lowest BCUT2D eigenvalue weighted by molar-refractivity contribution is -0.115. The van der Waals surface area contributed by atoms with Gasteiger partial charge >= 0.3 is 5.97 Å². The highest BCUT2D eigenvalue weighted by atomic mass is 79.9. The van der Waals surface area contributed by atoms with Crippen LogP contribution in [0.25, 0.3) is 6.08 Å². The monoisotopic (exact) mass is 402 g/mol. The molecule has 120 valence electrons. The maximum absolute atomic E-state index is 12.0.